The van der Waals surface area contributed by atoms with Crippen molar-refractivity contribution in [1.29, 1.82) is 0 Å². The zero-order chi connectivity index (χ0) is 13.7. The van der Waals surface area contributed by atoms with Crippen LogP contribution in [-0.4, -0.2) is 54.7 Å². The van der Waals surface area contributed by atoms with E-state index in [1.807, 2.05) is 20.8 Å². The SMILES string of the molecule is CCC(C)NC(=O)C(C)N1CCOC(C(C)N)C1. The van der Waals surface area contributed by atoms with Gasteiger partial charge in [0.15, 0.2) is 0 Å². The van der Waals surface area contributed by atoms with Gasteiger partial charge >= 0.3 is 0 Å². The molecule has 3 N–H and O–H groups in total. The Balaban J connectivity index is 2.50. The molecule has 1 aliphatic heterocycles. The lowest BCUT2D eigenvalue weighted by atomic mass is 10.1. The Labute approximate surface area is 110 Å². The van der Waals surface area contributed by atoms with Crippen LogP contribution in [0.25, 0.3) is 0 Å². The highest BCUT2D eigenvalue weighted by atomic mass is 16.5. The van der Waals surface area contributed by atoms with Gasteiger partial charge in [0.2, 0.25) is 5.91 Å². The summed E-state index contributed by atoms with van der Waals surface area (Å²) in [7, 11) is 0. The Morgan fingerprint density at radius 3 is 2.72 bits per heavy atom. The van der Waals surface area contributed by atoms with Gasteiger partial charge in [-0.25, -0.2) is 0 Å². The fourth-order valence-electron chi connectivity index (χ4n) is 2.00. The fourth-order valence-corrected chi connectivity index (χ4v) is 2.00. The molecule has 0 aromatic rings. The van der Waals surface area contributed by atoms with Crippen molar-refractivity contribution < 1.29 is 9.53 Å². The summed E-state index contributed by atoms with van der Waals surface area (Å²) in [6, 6.07) is 0.104. The van der Waals surface area contributed by atoms with E-state index in [9.17, 15) is 4.79 Å². The third-order valence-electron chi connectivity index (χ3n) is 3.64. The zero-order valence-corrected chi connectivity index (χ0v) is 12.0. The normalized spacial score (nSPS) is 26.4. The molecule has 1 rings (SSSR count). The third-order valence-corrected chi connectivity index (χ3v) is 3.64. The highest BCUT2D eigenvalue weighted by molar-refractivity contribution is 5.81. The monoisotopic (exact) mass is 257 g/mol. The second kappa shape index (κ2) is 7.07. The summed E-state index contributed by atoms with van der Waals surface area (Å²) in [4.78, 5) is 14.2. The van der Waals surface area contributed by atoms with Crippen molar-refractivity contribution in [2.24, 2.45) is 5.73 Å². The summed E-state index contributed by atoms with van der Waals surface area (Å²) in [6.45, 7) is 10.1. The average Bonchev–Trinajstić information content (AvgIpc) is 2.37. The highest BCUT2D eigenvalue weighted by Crippen LogP contribution is 2.11. The van der Waals surface area contributed by atoms with Crippen LogP contribution < -0.4 is 11.1 Å². The van der Waals surface area contributed by atoms with Gasteiger partial charge in [0.1, 0.15) is 0 Å². The predicted octanol–water partition coefficient (Wildman–Crippen LogP) is 0.338. The molecule has 1 heterocycles. The number of hydrogen-bond donors (Lipinski definition) is 2. The van der Waals surface area contributed by atoms with Gasteiger partial charge in [0.25, 0.3) is 0 Å². The number of carbonyl (C=O) groups excluding carboxylic acids is 1. The molecule has 5 nitrogen and oxygen atoms in total. The first-order chi connectivity index (χ1) is 8.45. The molecule has 5 heteroatoms. The minimum atomic E-state index is -0.121. The number of nitrogens with two attached hydrogens (primary N) is 1. The molecule has 0 spiro atoms. The molecule has 0 aromatic heterocycles. The fraction of sp³-hybridized carbons (Fsp3) is 0.923. The number of nitrogens with one attached hydrogen (secondary N) is 1. The van der Waals surface area contributed by atoms with Gasteiger partial charge in [-0.05, 0) is 27.2 Å². The molecule has 0 aliphatic carbocycles. The number of amides is 1. The number of ether oxygens (including phenoxy) is 1. The molecule has 0 radical (unpaired) electrons. The second-order valence-electron chi connectivity index (χ2n) is 5.26. The van der Waals surface area contributed by atoms with Gasteiger partial charge in [-0.3, -0.25) is 9.69 Å². The third kappa shape index (κ3) is 4.23. The predicted molar refractivity (Wildman–Crippen MR) is 72.3 cm³/mol. The largest absolute Gasteiger partial charge is 0.374 e. The minimum absolute atomic E-state index is 0.00220. The molecule has 0 bridgehead atoms. The van der Waals surface area contributed by atoms with Crippen LogP contribution in [0.4, 0.5) is 0 Å². The van der Waals surface area contributed by atoms with Crippen molar-refractivity contribution >= 4 is 5.91 Å². The van der Waals surface area contributed by atoms with E-state index >= 15 is 0 Å². The summed E-state index contributed by atoms with van der Waals surface area (Å²) in [5.41, 5.74) is 5.86. The standard InChI is InChI=1S/C13H27N3O2/c1-5-9(2)15-13(17)11(4)16-6-7-18-12(8-16)10(3)14/h9-12H,5-8,14H2,1-4H3,(H,15,17). The van der Waals surface area contributed by atoms with E-state index in [1.54, 1.807) is 0 Å². The summed E-state index contributed by atoms with van der Waals surface area (Å²) >= 11 is 0. The Morgan fingerprint density at radius 2 is 2.17 bits per heavy atom. The van der Waals surface area contributed by atoms with Crippen molar-refractivity contribution in [2.75, 3.05) is 19.7 Å². The number of rotatable bonds is 5. The maximum atomic E-state index is 12.1. The maximum absolute atomic E-state index is 12.1. The molecule has 1 aliphatic rings. The van der Waals surface area contributed by atoms with Crippen molar-refractivity contribution in [3.8, 4) is 0 Å². The summed E-state index contributed by atoms with van der Waals surface area (Å²) in [5, 5.41) is 3.02. The Kier molecular flexibility index (Phi) is 6.05. The van der Waals surface area contributed by atoms with Gasteiger partial charge in [-0.1, -0.05) is 6.92 Å². The molecular weight excluding hydrogens is 230 g/mol. The second-order valence-corrected chi connectivity index (χ2v) is 5.26. The summed E-state index contributed by atoms with van der Waals surface area (Å²) in [6.07, 6.45) is 0.974. The lowest BCUT2D eigenvalue weighted by Crippen LogP contribution is -2.56. The molecule has 0 saturated carbocycles. The summed E-state index contributed by atoms with van der Waals surface area (Å²) < 4.78 is 5.60. The van der Waals surface area contributed by atoms with E-state index in [0.717, 1.165) is 19.5 Å². The van der Waals surface area contributed by atoms with Crippen LogP contribution in [0.3, 0.4) is 0 Å². The minimum Gasteiger partial charge on any atom is -0.374 e. The Bertz CT molecular complexity index is 271. The molecule has 4 unspecified atom stereocenters. The first-order valence-corrected chi connectivity index (χ1v) is 6.87. The number of morpholine rings is 1. The van der Waals surface area contributed by atoms with E-state index in [4.69, 9.17) is 10.5 Å². The zero-order valence-electron chi connectivity index (χ0n) is 12.0. The first kappa shape index (κ1) is 15.4. The molecule has 1 fully saturated rings. The van der Waals surface area contributed by atoms with Gasteiger partial charge in [0, 0.05) is 25.2 Å². The molecule has 0 aromatic carbocycles. The van der Waals surface area contributed by atoms with Crippen LogP contribution in [0.2, 0.25) is 0 Å². The molecule has 18 heavy (non-hydrogen) atoms. The van der Waals surface area contributed by atoms with Crippen LogP contribution in [0, 0.1) is 0 Å². The topological polar surface area (TPSA) is 67.6 Å². The van der Waals surface area contributed by atoms with Crippen LogP contribution in [0.1, 0.15) is 34.1 Å². The quantitative estimate of drug-likeness (QED) is 0.745. The van der Waals surface area contributed by atoms with Crippen molar-refractivity contribution in [3.05, 3.63) is 0 Å². The number of carbonyl (C=O) groups is 1. The van der Waals surface area contributed by atoms with Crippen LogP contribution >= 0.6 is 0 Å². The number of hydrogen-bond acceptors (Lipinski definition) is 4. The van der Waals surface area contributed by atoms with Gasteiger partial charge in [-0.2, -0.15) is 0 Å². The lowest BCUT2D eigenvalue weighted by Gasteiger charge is -2.37. The van der Waals surface area contributed by atoms with Crippen molar-refractivity contribution in [3.63, 3.8) is 0 Å². The van der Waals surface area contributed by atoms with Crippen LogP contribution in [0.15, 0.2) is 0 Å². The summed E-state index contributed by atoms with van der Waals surface area (Å²) in [5.74, 6) is 0.0923. The smallest absolute Gasteiger partial charge is 0.237 e. The van der Waals surface area contributed by atoms with Crippen molar-refractivity contribution in [1.82, 2.24) is 10.2 Å². The molecule has 106 valence electrons. The Hall–Kier alpha value is -0.650. The van der Waals surface area contributed by atoms with Crippen LogP contribution in [-0.2, 0) is 9.53 Å². The average molecular weight is 257 g/mol. The lowest BCUT2D eigenvalue weighted by molar-refractivity contribution is -0.130. The van der Waals surface area contributed by atoms with Crippen molar-refractivity contribution in [2.45, 2.75) is 58.3 Å². The maximum Gasteiger partial charge on any atom is 0.237 e. The van der Waals surface area contributed by atoms with E-state index in [1.165, 1.54) is 0 Å². The molecule has 1 saturated heterocycles. The van der Waals surface area contributed by atoms with Gasteiger partial charge < -0.3 is 15.8 Å². The van der Waals surface area contributed by atoms with E-state index < -0.39 is 0 Å². The van der Waals surface area contributed by atoms with E-state index in [0.29, 0.717) is 6.61 Å². The molecule has 4 atom stereocenters. The highest BCUT2D eigenvalue weighted by Gasteiger charge is 2.29. The number of nitrogens with zero attached hydrogens (tertiary/aromatic N) is 1. The van der Waals surface area contributed by atoms with E-state index in [-0.39, 0.29) is 30.1 Å². The Morgan fingerprint density at radius 1 is 1.50 bits per heavy atom. The van der Waals surface area contributed by atoms with Crippen LogP contribution in [0.5, 0.6) is 0 Å². The molecular formula is C13H27N3O2. The first-order valence-electron chi connectivity index (χ1n) is 6.87. The molecule has 1 amide bonds. The van der Waals surface area contributed by atoms with Gasteiger partial charge in [-0.15, -0.1) is 0 Å². The van der Waals surface area contributed by atoms with E-state index in [2.05, 4.69) is 17.1 Å². The van der Waals surface area contributed by atoms with Gasteiger partial charge in [0.05, 0.1) is 18.8 Å².